The van der Waals surface area contributed by atoms with Crippen LogP contribution in [-0.4, -0.2) is 22.9 Å². The van der Waals surface area contributed by atoms with Gasteiger partial charge >= 0.3 is 0 Å². The summed E-state index contributed by atoms with van der Waals surface area (Å²) in [5, 5.41) is 8.05. The zero-order valence-corrected chi connectivity index (χ0v) is 12.2. The first-order valence-corrected chi connectivity index (χ1v) is 7.19. The molecule has 2 atom stereocenters. The van der Waals surface area contributed by atoms with Crippen molar-refractivity contribution in [3.05, 3.63) is 18.0 Å². The predicted octanol–water partition coefficient (Wildman–Crippen LogP) is 2.77. The van der Waals surface area contributed by atoms with E-state index in [2.05, 4.69) is 37.4 Å². The normalized spacial score (nSPS) is 25.0. The Bertz CT molecular complexity index is 381. The third-order valence-electron chi connectivity index (χ3n) is 4.64. The number of rotatable bonds is 4. The molecule has 0 spiro atoms. The lowest BCUT2D eigenvalue weighted by Gasteiger charge is -2.43. The molecule has 1 fully saturated rings. The van der Waals surface area contributed by atoms with Crippen molar-refractivity contribution in [1.82, 2.24) is 15.1 Å². The minimum Gasteiger partial charge on any atom is -0.316 e. The quantitative estimate of drug-likeness (QED) is 0.889. The molecule has 2 unspecified atom stereocenters. The Morgan fingerprint density at radius 3 is 2.83 bits per heavy atom. The Morgan fingerprint density at radius 1 is 1.50 bits per heavy atom. The van der Waals surface area contributed by atoms with Crippen molar-refractivity contribution in [2.75, 3.05) is 7.05 Å². The van der Waals surface area contributed by atoms with Gasteiger partial charge in [0.2, 0.25) is 0 Å². The van der Waals surface area contributed by atoms with Crippen LogP contribution in [0.1, 0.15) is 45.2 Å². The fourth-order valence-electron chi connectivity index (χ4n) is 3.51. The molecule has 3 heteroatoms. The van der Waals surface area contributed by atoms with E-state index in [1.165, 1.54) is 31.4 Å². The van der Waals surface area contributed by atoms with Crippen LogP contribution in [0, 0.1) is 11.3 Å². The summed E-state index contributed by atoms with van der Waals surface area (Å²) < 4.78 is 1.90. The van der Waals surface area contributed by atoms with E-state index in [-0.39, 0.29) is 0 Å². The first-order valence-electron chi connectivity index (χ1n) is 7.19. The van der Waals surface area contributed by atoms with Crippen molar-refractivity contribution in [2.24, 2.45) is 18.4 Å². The summed E-state index contributed by atoms with van der Waals surface area (Å²) in [5.74, 6) is 0.762. The molecule has 102 valence electrons. The molecule has 1 heterocycles. The largest absolute Gasteiger partial charge is 0.316 e. The molecule has 0 aromatic carbocycles. The lowest BCUT2D eigenvalue weighted by atomic mass is 9.65. The third-order valence-corrected chi connectivity index (χ3v) is 4.64. The Kier molecular flexibility index (Phi) is 4.10. The number of aryl methyl sites for hydroxylation is 1. The monoisotopic (exact) mass is 249 g/mol. The van der Waals surface area contributed by atoms with Gasteiger partial charge in [0.05, 0.1) is 5.69 Å². The van der Waals surface area contributed by atoms with Crippen molar-refractivity contribution in [3.8, 4) is 0 Å². The molecule has 0 radical (unpaired) electrons. The standard InChI is InChI=1S/C15H27N3/c1-15(2)9-6-5-7-13(15)14(16-3)11-12-8-10-18(4)17-12/h8,10,13-14,16H,5-7,9,11H2,1-4H3. The molecule has 0 bridgehead atoms. The van der Waals surface area contributed by atoms with E-state index in [9.17, 15) is 0 Å². The Balaban J connectivity index is 2.07. The SMILES string of the molecule is CNC(Cc1ccn(C)n1)C1CCCCC1(C)C. The molecule has 0 aliphatic heterocycles. The molecule has 0 saturated heterocycles. The van der Waals surface area contributed by atoms with E-state index < -0.39 is 0 Å². The van der Waals surface area contributed by atoms with Gasteiger partial charge in [0, 0.05) is 25.7 Å². The third kappa shape index (κ3) is 2.94. The van der Waals surface area contributed by atoms with Crippen LogP contribution >= 0.6 is 0 Å². The summed E-state index contributed by atoms with van der Waals surface area (Å²) in [7, 11) is 4.08. The molecule has 1 saturated carbocycles. The van der Waals surface area contributed by atoms with E-state index in [0.717, 1.165) is 12.3 Å². The average Bonchev–Trinajstić information content (AvgIpc) is 2.72. The Morgan fingerprint density at radius 2 is 2.28 bits per heavy atom. The molecule has 1 aromatic rings. The van der Waals surface area contributed by atoms with E-state index in [1.807, 2.05) is 17.9 Å². The van der Waals surface area contributed by atoms with Crippen LogP contribution in [0.5, 0.6) is 0 Å². The molecule has 1 aliphatic carbocycles. The summed E-state index contributed by atoms with van der Waals surface area (Å²) in [6.45, 7) is 4.86. The fraction of sp³-hybridized carbons (Fsp3) is 0.800. The van der Waals surface area contributed by atoms with Gasteiger partial charge in [0.1, 0.15) is 0 Å². The van der Waals surface area contributed by atoms with Gasteiger partial charge in [-0.2, -0.15) is 5.10 Å². The topological polar surface area (TPSA) is 29.9 Å². The lowest BCUT2D eigenvalue weighted by molar-refractivity contribution is 0.101. The molecular formula is C15H27N3. The number of hydrogen-bond acceptors (Lipinski definition) is 2. The Hall–Kier alpha value is -0.830. The molecule has 0 amide bonds. The number of aromatic nitrogens is 2. The predicted molar refractivity (Wildman–Crippen MR) is 75.5 cm³/mol. The van der Waals surface area contributed by atoms with E-state index in [4.69, 9.17) is 0 Å². The van der Waals surface area contributed by atoms with Crippen molar-refractivity contribution in [1.29, 1.82) is 0 Å². The smallest absolute Gasteiger partial charge is 0.0640 e. The van der Waals surface area contributed by atoms with Gasteiger partial charge < -0.3 is 5.32 Å². The highest BCUT2D eigenvalue weighted by Gasteiger charge is 2.37. The van der Waals surface area contributed by atoms with Crippen molar-refractivity contribution < 1.29 is 0 Å². The van der Waals surface area contributed by atoms with Crippen LogP contribution in [0.25, 0.3) is 0 Å². The summed E-state index contributed by atoms with van der Waals surface area (Å²) >= 11 is 0. The second-order valence-corrected chi connectivity index (χ2v) is 6.42. The number of nitrogens with zero attached hydrogens (tertiary/aromatic N) is 2. The maximum absolute atomic E-state index is 4.52. The zero-order chi connectivity index (χ0) is 13.2. The summed E-state index contributed by atoms with van der Waals surface area (Å²) in [6, 6.07) is 2.69. The summed E-state index contributed by atoms with van der Waals surface area (Å²) in [5.41, 5.74) is 1.67. The molecule has 3 nitrogen and oxygen atoms in total. The highest BCUT2D eigenvalue weighted by Crippen LogP contribution is 2.42. The molecular weight excluding hydrogens is 222 g/mol. The maximum Gasteiger partial charge on any atom is 0.0640 e. The fourth-order valence-corrected chi connectivity index (χ4v) is 3.51. The molecule has 2 rings (SSSR count). The van der Waals surface area contributed by atoms with Crippen LogP contribution < -0.4 is 5.32 Å². The van der Waals surface area contributed by atoms with Crippen LogP contribution in [0.3, 0.4) is 0 Å². The number of likely N-dealkylation sites (N-methyl/N-ethyl adjacent to an activating group) is 1. The van der Waals surface area contributed by atoms with E-state index >= 15 is 0 Å². The molecule has 18 heavy (non-hydrogen) atoms. The van der Waals surface area contributed by atoms with Gasteiger partial charge in [-0.1, -0.05) is 26.7 Å². The highest BCUT2D eigenvalue weighted by molar-refractivity contribution is 5.03. The van der Waals surface area contributed by atoms with Crippen LogP contribution in [0.2, 0.25) is 0 Å². The summed E-state index contributed by atoms with van der Waals surface area (Å²) in [4.78, 5) is 0. The summed E-state index contributed by atoms with van der Waals surface area (Å²) in [6.07, 6.45) is 8.57. The molecule has 1 N–H and O–H groups in total. The highest BCUT2D eigenvalue weighted by atomic mass is 15.2. The second-order valence-electron chi connectivity index (χ2n) is 6.42. The van der Waals surface area contributed by atoms with Gasteiger partial charge in [-0.05, 0) is 37.3 Å². The van der Waals surface area contributed by atoms with E-state index in [1.54, 1.807) is 0 Å². The number of hydrogen-bond donors (Lipinski definition) is 1. The number of nitrogens with one attached hydrogen (secondary N) is 1. The second kappa shape index (κ2) is 5.43. The van der Waals surface area contributed by atoms with E-state index in [0.29, 0.717) is 11.5 Å². The van der Waals surface area contributed by atoms with Crippen LogP contribution in [0.15, 0.2) is 12.3 Å². The minimum atomic E-state index is 0.459. The lowest BCUT2D eigenvalue weighted by Crippen LogP contribution is -2.44. The van der Waals surface area contributed by atoms with Crippen LogP contribution in [0.4, 0.5) is 0 Å². The van der Waals surface area contributed by atoms with Gasteiger partial charge in [-0.3, -0.25) is 4.68 Å². The Labute approximate surface area is 111 Å². The molecule has 1 aromatic heterocycles. The van der Waals surface area contributed by atoms with Gasteiger partial charge in [0.25, 0.3) is 0 Å². The average molecular weight is 249 g/mol. The van der Waals surface area contributed by atoms with Gasteiger partial charge in [-0.25, -0.2) is 0 Å². The first-order chi connectivity index (χ1) is 8.53. The maximum atomic E-state index is 4.52. The van der Waals surface area contributed by atoms with Gasteiger partial charge in [0.15, 0.2) is 0 Å². The van der Waals surface area contributed by atoms with Crippen LogP contribution in [-0.2, 0) is 13.5 Å². The first kappa shape index (κ1) is 13.6. The minimum absolute atomic E-state index is 0.459. The molecule has 1 aliphatic rings. The van der Waals surface area contributed by atoms with Crippen molar-refractivity contribution in [2.45, 2.75) is 52.0 Å². The zero-order valence-electron chi connectivity index (χ0n) is 12.2. The van der Waals surface area contributed by atoms with Gasteiger partial charge in [-0.15, -0.1) is 0 Å². The van der Waals surface area contributed by atoms with Crippen molar-refractivity contribution >= 4 is 0 Å². The van der Waals surface area contributed by atoms with Crippen molar-refractivity contribution in [3.63, 3.8) is 0 Å².